The third-order valence-electron chi connectivity index (χ3n) is 6.04. The molecule has 4 rings (SSSR count). The van der Waals surface area contributed by atoms with E-state index in [-0.39, 0.29) is 11.8 Å². The zero-order valence-electron chi connectivity index (χ0n) is 19.6. The van der Waals surface area contributed by atoms with E-state index in [2.05, 4.69) is 35.6 Å². The van der Waals surface area contributed by atoms with Gasteiger partial charge in [-0.15, -0.1) is 0 Å². The Bertz CT molecular complexity index is 1010. The first kappa shape index (κ1) is 22.9. The quantitative estimate of drug-likeness (QED) is 0.444. The summed E-state index contributed by atoms with van der Waals surface area (Å²) in [5.41, 5.74) is 5.32. The number of H-pyrrole nitrogens is 1. The van der Waals surface area contributed by atoms with Crippen molar-refractivity contribution in [1.29, 1.82) is 0 Å². The summed E-state index contributed by atoms with van der Waals surface area (Å²) >= 11 is 0. The molecular weight excluding hydrogens is 384 g/mol. The second-order valence-corrected chi connectivity index (χ2v) is 8.24. The van der Waals surface area contributed by atoms with Crippen molar-refractivity contribution < 1.29 is 9.53 Å². The molecule has 0 radical (unpaired) electrons. The number of rotatable bonds is 5. The van der Waals surface area contributed by atoms with Crippen LogP contribution < -0.4 is 10.1 Å². The van der Waals surface area contributed by atoms with Gasteiger partial charge in [0.1, 0.15) is 11.5 Å². The maximum Gasteiger partial charge on any atom is 0.227 e. The van der Waals surface area contributed by atoms with Gasteiger partial charge in [-0.1, -0.05) is 40.0 Å². The summed E-state index contributed by atoms with van der Waals surface area (Å²) in [5, 5.41) is 4.33. The lowest BCUT2D eigenvalue weighted by Gasteiger charge is -2.21. The number of hydrogen-bond acceptors (Lipinski definition) is 2. The molecule has 0 saturated heterocycles. The fourth-order valence-electron chi connectivity index (χ4n) is 4.42. The Balaban J connectivity index is 0.00000132. The lowest BCUT2D eigenvalue weighted by atomic mass is 9.88. The fraction of sp³-hybridized carbons (Fsp3) is 0.444. The van der Waals surface area contributed by atoms with Crippen molar-refractivity contribution in [3.63, 3.8) is 0 Å². The van der Waals surface area contributed by atoms with E-state index >= 15 is 0 Å². The highest BCUT2D eigenvalue weighted by atomic mass is 16.5. The summed E-state index contributed by atoms with van der Waals surface area (Å²) in [6.07, 6.45) is 8.63. The SMILES string of the molecule is CC.CCc1c[nH]c2ccc(Oc3c(C)cc(NC(=O)C4CCCCC4)cc3C)cc12. The number of fused-ring (bicyclic) bond motifs is 1. The molecule has 1 aliphatic rings. The first-order chi connectivity index (χ1) is 15.0. The topological polar surface area (TPSA) is 54.1 Å². The van der Waals surface area contributed by atoms with Crippen LogP contribution in [0.3, 0.4) is 0 Å². The Hall–Kier alpha value is -2.75. The molecule has 1 amide bonds. The van der Waals surface area contributed by atoms with Crippen molar-refractivity contribution in [3.8, 4) is 11.5 Å². The van der Waals surface area contributed by atoms with E-state index in [4.69, 9.17) is 4.74 Å². The second-order valence-electron chi connectivity index (χ2n) is 8.24. The molecule has 2 aromatic carbocycles. The number of aromatic nitrogens is 1. The molecule has 31 heavy (non-hydrogen) atoms. The largest absolute Gasteiger partial charge is 0.457 e. The first-order valence-electron chi connectivity index (χ1n) is 11.7. The Labute approximate surface area is 186 Å². The van der Waals surface area contributed by atoms with Crippen LogP contribution in [-0.4, -0.2) is 10.9 Å². The van der Waals surface area contributed by atoms with Gasteiger partial charge in [-0.2, -0.15) is 0 Å². The Morgan fingerprint density at radius 3 is 2.39 bits per heavy atom. The van der Waals surface area contributed by atoms with Gasteiger partial charge in [0, 0.05) is 28.7 Å². The van der Waals surface area contributed by atoms with E-state index in [1.165, 1.54) is 17.4 Å². The number of nitrogens with one attached hydrogen (secondary N) is 2. The van der Waals surface area contributed by atoms with Crippen LogP contribution in [0.15, 0.2) is 36.5 Å². The Morgan fingerprint density at radius 2 is 1.74 bits per heavy atom. The van der Waals surface area contributed by atoms with Gasteiger partial charge in [0.2, 0.25) is 5.91 Å². The zero-order valence-corrected chi connectivity index (χ0v) is 19.6. The molecule has 4 nitrogen and oxygen atoms in total. The standard InChI is InChI=1S/C25H30N2O2.C2H6/c1-4-18-15-26-23-11-10-21(14-22(18)23)29-24-16(2)12-20(13-17(24)3)27-25(28)19-8-6-5-7-9-19;1-2/h10-15,19,26H,4-9H2,1-3H3,(H,27,28);1-2H3. The minimum atomic E-state index is 0.154. The molecule has 1 heterocycles. The highest BCUT2D eigenvalue weighted by molar-refractivity contribution is 5.93. The number of benzene rings is 2. The average Bonchev–Trinajstić information content (AvgIpc) is 3.20. The van der Waals surface area contributed by atoms with Gasteiger partial charge in [-0.05, 0) is 80.1 Å². The maximum absolute atomic E-state index is 12.6. The number of amides is 1. The van der Waals surface area contributed by atoms with Crippen LogP contribution in [0.25, 0.3) is 10.9 Å². The lowest BCUT2D eigenvalue weighted by molar-refractivity contribution is -0.120. The maximum atomic E-state index is 12.6. The van der Waals surface area contributed by atoms with Crippen molar-refractivity contribution in [2.75, 3.05) is 5.32 Å². The second kappa shape index (κ2) is 10.5. The molecule has 1 aliphatic carbocycles. The molecule has 1 fully saturated rings. The molecule has 1 saturated carbocycles. The van der Waals surface area contributed by atoms with Crippen molar-refractivity contribution in [1.82, 2.24) is 4.98 Å². The van der Waals surface area contributed by atoms with Gasteiger partial charge >= 0.3 is 0 Å². The number of hydrogen-bond donors (Lipinski definition) is 2. The predicted molar refractivity (Wildman–Crippen MR) is 130 cm³/mol. The van der Waals surface area contributed by atoms with Crippen molar-refractivity contribution in [2.45, 2.75) is 73.1 Å². The van der Waals surface area contributed by atoms with Gasteiger partial charge < -0.3 is 15.0 Å². The van der Waals surface area contributed by atoms with Crippen LogP contribution >= 0.6 is 0 Å². The van der Waals surface area contributed by atoms with Crippen molar-refractivity contribution in [2.24, 2.45) is 5.92 Å². The van der Waals surface area contributed by atoms with Crippen LogP contribution in [0.2, 0.25) is 0 Å². The molecule has 3 aromatic rings. The molecule has 0 aliphatic heterocycles. The van der Waals surface area contributed by atoms with Crippen molar-refractivity contribution in [3.05, 3.63) is 53.2 Å². The Kier molecular flexibility index (Phi) is 7.78. The van der Waals surface area contributed by atoms with E-state index in [1.807, 2.05) is 45.9 Å². The van der Waals surface area contributed by atoms with E-state index in [1.54, 1.807) is 0 Å². The minimum absolute atomic E-state index is 0.154. The highest BCUT2D eigenvalue weighted by Gasteiger charge is 2.21. The van der Waals surface area contributed by atoms with Crippen LogP contribution in [0, 0.1) is 19.8 Å². The summed E-state index contributed by atoms with van der Waals surface area (Å²) in [6, 6.07) is 10.2. The highest BCUT2D eigenvalue weighted by Crippen LogP contribution is 2.34. The Morgan fingerprint density at radius 1 is 1.06 bits per heavy atom. The van der Waals surface area contributed by atoms with Gasteiger partial charge in [0.05, 0.1) is 0 Å². The van der Waals surface area contributed by atoms with Crippen LogP contribution in [0.1, 0.15) is 69.6 Å². The molecule has 0 atom stereocenters. The van der Waals surface area contributed by atoms with Crippen LogP contribution in [-0.2, 0) is 11.2 Å². The molecule has 1 aromatic heterocycles. The van der Waals surface area contributed by atoms with Crippen LogP contribution in [0.5, 0.6) is 11.5 Å². The van der Waals surface area contributed by atoms with E-state index in [0.717, 1.165) is 65.9 Å². The normalized spacial score (nSPS) is 14.1. The number of aryl methyl sites for hydroxylation is 3. The van der Waals surface area contributed by atoms with Gasteiger partial charge in [0.25, 0.3) is 0 Å². The molecular formula is C27H36N2O2. The molecule has 2 N–H and O–H groups in total. The third-order valence-corrected chi connectivity index (χ3v) is 6.04. The minimum Gasteiger partial charge on any atom is -0.457 e. The molecule has 4 heteroatoms. The van der Waals surface area contributed by atoms with Crippen LogP contribution in [0.4, 0.5) is 5.69 Å². The smallest absolute Gasteiger partial charge is 0.227 e. The number of ether oxygens (including phenoxy) is 1. The molecule has 0 bridgehead atoms. The monoisotopic (exact) mass is 420 g/mol. The van der Waals surface area contributed by atoms with Crippen molar-refractivity contribution >= 4 is 22.5 Å². The summed E-state index contributed by atoms with van der Waals surface area (Å²) in [7, 11) is 0. The zero-order chi connectivity index (χ0) is 22.4. The summed E-state index contributed by atoms with van der Waals surface area (Å²) < 4.78 is 6.27. The fourth-order valence-corrected chi connectivity index (χ4v) is 4.42. The summed E-state index contributed by atoms with van der Waals surface area (Å²) in [5.74, 6) is 1.99. The van der Waals surface area contributed by atoms with E-state index in [0.29, 0.717) is 0 Å². The molecule has 0 unspecified atom stereocenters. The third kappa shape index (κ3) is 5.30. The number of carbonyl (C=O) groups excluding carboxylic acids is 1. The lowest BCUT2D eigenvalue weighted by Crippen LogP contribution is -2.24. The number of aromatic amines is 1. The van der Waals surface area contributed by atoms with E-state index < -0.39 is 0 Å². The predicted octanol–water partition coefficient (Wildman–Crippen LogP) is 7.68. The summed E-state index contributed by atoms with van der Waals surface area (Å²) in [6.45, 7) is 10.2. The average molecular weight is 421 g/mol. The summed E-state index contributed by atoms with van der Waals surface area (Å²) in [4.78, 5) is 15.9. The van der Waals surface area contributed by atoms with Gasteiger partial charge in [-0.25, -0.2) is 0 Å². The number of carbonyl (C=O) groups is 1. The van der Waals surface area contributed by atoms with Gasteiger partial charge in [-0.3, -0.25) is 4.79 Å². The molecule has 0 spiro atoms. The number of anilines is 1. The first-order valence-corrected chi connectivity index (χ1v) is 11.7. The van der Waals surface area contributed by atoms with E-state index in [9.17, 15) is 4.79 Å². The molecule has 166 valence electrons. The van der Waals surface area contributed by atoms with Gasteiger partial charge in [0.15, 0.2) is 0 Å².